The quantitative estimate of drug-likeness (QED) is 0.759. The van der Waals surface area contributed by atoms with Crippen LogP contribution in [-0.2, 0) is 4.79 Å². The van der Waals surface area contributed by atoms with Crippen LogP contribution in [0.2, 0.25) is 0 Å². The molecule has 1 aliphatic heterocycles. The second-order valence-electron chi connectivity index (χ2n) is 3.97. The second-order valence-corrected chi connectivity index (χ2v) is 3.97. The van der Waals surface area contributed by atoms with E-state index in [1.165, 1.54) is 19.2 Å². The van der Waals surface area contributed by atoms with Gasteiger partial charge in [0.1, 0.15) is 0 Å². The number of carbonyl (C=O) groups is 1. The Kier molecular flexibility index (Phi) is 3.03. The predicted octanol–water partition coefficient (Wildman–Crippen LogP) is 0.935. The molecule has 1 unspecified atom stereocenters. The molecule has 1 aromatic rings. The van der Waals surface area contributed by atoms with E-state index in [4.69, 9.17) is 0 Å². The third-order valence-electron chi connectivity index (χ3n) is 2.67. The lowest BCUT2D eigenvalue weighted by atomic mass is 10.2. The van der Waals surface area contributed by atoms with Crippen LogP contribution in [0.1, 0.15) is 13.3 Å². The Bertz CT molecular complexity index is 397. The van der Waals surface area contributed by atoms with Gasteiger partial charge in [0.2, 0.25) is 11.9 Å². The van der Waals surface area contributed by atoms with Crippen molar-refractivity contribution in [1.29, 1.82) is 0 Å². The molecule has 1 saturated heterocycles. The topological polar surface area (TPSA) is 45.2 Å². The summed E-state index contributed by atoms with van der Waals surface area (Å²) in [5, 5.41) is 2.87. The Morgan fingerprint density at radius 3 is 3.19 bits per heavy atom. The van der Waals surface area contributed by atoms with Crippen molar-refractivity contribution in [2.75, 3.05) is 18.0 Å². The normalized spacial score (nSPS) is 19.9. The molecule has 1 fully saturated rings. The molecule has 2 rings (SSSR count). The first-order valence-electron chi connectivity index (χ1n) is 5.29. The molecule has 0 aromatic carbocycles. The fraction of sp³-hybridized carbons (Fsp3) is 0.455. The summed E-state index contributed by atoms with van der Waals surface area (Å²) in [6.45, 7) is 3.06. The van der Waals surface area contributed by atoms with E-state index in [2.05, 4.69) is 10.3 Å². The third-order valence-corrected chi connectivity index (χ3v) is 2.67. The van der Waals surface area contributed by atoms with Crippen LogP contribution in [0.15, 0.2) is 18.3 Å². The van der Waals surface area contributed by atoms with Crippen molar-refractivity contribution in [3.8, 4) is 0 Å². The molecule has 86 valence electrons. The van der Waals surface area contributed by atoms with Gasteiger partial charge in [0.25, 0.3) is 0 Å². The van der Waals surface area contributed by atoms with Crippen LogP contribution in [-0.4, -0.2) is 30.0 Å². The van der Waals surface area contributed by atoms with E-state index in [-0.39, 0.29) is 11.9 Å². The number of aromatic nitrogens is 1. The highest BCUT2D eigenvalue weighted by Gasteiger charge is 2.23. The van der Waals surface area contributed by atoms with Gasteiger partial charge >= 0.3 is 0 Å². The minimum atomic E-state index is -0.472. The van der Waals surface area contributed by atoms with Crippen LogP contribution in [0.3, 0.4) is 0 Å². The van der Waals surface area contributed by atoms with E-state index in [9.17, 15) is 9.18 Å². The summed E-state index contributed by atoms with van der Waals surface area (Å²) in [6, 6.07) is 3.35. The maximum atomic E-state index is 12.9. The average Bonchev–Trinajstić information content (AvgIpc) is 2.65. The van der Waals surface area contributed by atoms with E-state index in [0.29, 0.717) is 0 Å². The van der Waals surface area contributed by atoms with Gasteiger partial charge in [0, 0.05) is 44.0 Å². The molecule has 5 heteroatoms. The Labute approximate surface area is 93.5 Å². The fourth-order valence-corrected chi connectivity index (χ4v) is 1.99. The summed E-state index contributed by atoms with van der Waals surface area (Å²) in [6.07, 6.45) is 2.35. The number of anilines is 1. The lowest BCUT2D eigenvalue weighted by molar-refractivity contribution is -0.119. The Hall–Kier alpha value is -1.65. The van der Waals surface area contributed by atoms with Crippen LogP contribution in [0, 0.1) is 5.95 Å². The molecule has 16 heavy (non-hydrogen) atoms. The number of amides is 1. The maximum Gasteiger partial charge on any atom is 0.217 e. The van der Waals surface area contributed by atoms with Gasteiger partial charge in [0.15, 0.2) is 0 Å². The number of nitrogens with one attached hydrogen (secondary N) is 1. The van der Waals surface area contributed by atoms with Gasteiger partial charge in [-0.2, -0.15) is 4.39 Å². The first-order chi connectivity index (χ1) is 7.65. The summed E-state index contributed by atoms with van der Waals surface area (Å²) in [5.41, 5.74) is 0.820. The molecular weight excluding hydrogens is 209 g/mol. The molecule has 1 amide bonds. The number of hydrogen-bond acceptors (Lipinski definition) is 3. The van der Waals surface area contributed by atoms with Crippen LogP contribution >= 0.6 is 0 Å². The van der Waals surface area contributed by atoms with Crippen LogP contribution in [0.5, 0.6) is 0 Å². The summed E-state index contributed by atoms with van der Waals surface area (Å²) in [4.78, 5) is 16.5. The van der Waals surface area contributed by atoms with Gasteiger partial charge in [-0.15, -0.1) is 0 Å². The smallest absolute Gasteiger partial charge is 0.217 e. The van der Waals surface area contributed by atoms with E-state index in [1.54, 1.807) is 6.07 Å². The molecule has 0 aliphatic carbocycles. The third kappa shape index (κ3) is 2.48. The van der Waals surface area contributed by atoms with Crippen LogP contribution < -0.4 is 10.2 Å². The zero-order chi connectivity index (χ0) is 11.5. The van der Waals surface area contributed by atoms with Crippen LogP contribution in [0.25, 0.3) is 0 Å². The molecule has 0 bridgehead atoms. The zero-order valence-corrected chi connectivity index (χ0v) is 9.11. The van der Waals surface area contributed by atoms with Crippen molar-refractivity contribution < 1.29 is 9.18 Å². The van der Waals surface area contributed by atoms with Crippen molar-refractivity contribution in [1.82, 2.24) is 10.3 Å². The van der Waals surface area contributed by atoms with Crippen molar-refractivity contribution in [2.45, 2.75) is 19.4 Å². The summed E-state index contributed by atoms with van der Waals surface area (Å²) in [5.74, 6) is -0.492. The minimum Gasteiger partial charge on any atom is -0.369 e. The minimum absolute atomic E-state index is 0.0206. The lowest BCUT2D eigenvalue weighted by Crippen LogP contribution is -2.35. The molecule has 1 atom stereocenters. The maximum absolute atomic E-state index is 12.9. The molecule has 4 nitrogen and oxygen atoms in total. The molecule has 0 spiro atoms. The van der Waals surface area contributed by atoms with Crippen molar-refractivity contribution in [2.24, 2.45) is 0 Å². The van der Waals surface area contributed by atoms with E-state index in [1.807, 2.05) is 4.90 Å². The Morgan fingerprint density at radius 2 is 2.50 bits per heavy atom. The molecule has 0 saturated carbocycles. The summed E-state index contributed by atoms with van der Waals surface area (Å²) < 4.78 is 12.9. The largest absolute Gasteiger partial charge is 0.369 e. The Morgan fingerprint density at radius 1 is 1.69 bits per heavy atom. The van der Waals surface area contributed by atoms with Crippen molar-refractivity contribution in [3.05, 3.63) is 24.3 Å². The first kappa shape index (κ1) is 10.9. The van der Waals surface area contributed by atoms with E-state index in [0.717, 1.165) is 25.2 Å². The average molecular weight is 223 g/mol. The molecule has 1 aliphatic rings. The molecule has 1 aromatic heterocycles. The van der Waals surface area contributed by atoms with Gasteiger partial charge in [0.05, 0.1) is 0 Å². The van der Waals surface area contributed by atoms with Gasteiger partial charge in [-0.05, 0) is 12.5 Å². The van der Waals surface area contributed by atoms with E-state index < -0.39 is 5.95 Å². The number of halogens is 1. The zero-order valence-electron chi connectivity index (χ0n) is 9.11. The predicted molar refractivity (Wildman–Crippen MR) is 58.6 cm³/mol. The molecule has 2 heterocycles. The number of rotatable bonds is 2. The van der Waals surface area contributed by atoms with Crippen molar-refractivity contribution in [3.63, 3.8) is 0 Å². The van der Waals surface area contributed by atoms with Crippen molar-refractivity contribution >= 4 is 11.6 Å². The summed E-state index contributed by atoms with van der Waals surface area (Å²) >= 11 is 0. The lowest BCUT2D eigenvalue weighted by Gasteiger charge is -2.18. The molecule has 1 N–H and O–H groups in total. The van der Waals surface area contributed by atoms with Gasteiger partial charge < -0.3 is 10.2 Å². The first-order valence-corrected chi connectivity index (χ1v) is 5.29. The van der Waals surface area contributed by atoms with E-state index >= 15 is 0 Å². The number of hydrogen-bond donors (Lipinski definition) is 1. The monoisotopic (exact) mass is 223 g/mol. The SMILES string of the molecule is CC(=O)NC1CCN(c2ccnc(F)c2)C1. The van der Waals surface area contributed by atoms with Crippen LogP contribution in [0.4, 0.5) is 10.1 Å². The summed E-state index contributed by atoms with van der Waals surface area (Å²) in [7, 11) is 0. The number of pyridine rings is 1. The van der Waals surface area contributed by atoms with Gasteiger partial charge in [-0.1, -0.05) is 0 Å². The van der Waals surface area contributed by atoms with Gasteiger partial charge in [-0.3, -0.25) is 4.79 Å². The number of carbonyl (C=O) groups excluding carboxylic acids is 1. The van der Waals surface area contributed by atoms with Gasteiger partial charge in [-0.25, -0.2) is 4.98 Å². The standard InChI is InChI=1S/C11H14FN3O/c1-8(16)14-9-3-5-15(7-9)10-2-4-13-11(12)6-10/h2,4,6,9H,3,5,7H2,1H3,(H,14,16). The highest BCUT2D eigenvalue weighted by atomic mass is 19.1. The second kappa shape index (κ2) is 4.47. The number of nitrogens with zero attached hydrogens (tertiary/aromatic N) is 2. The molecule has 0 radical (unpaired) electrons. The highest BCUT2D eigenvalue weighted by Crippen LogP contribution is 2.19. The highest BCUT2D eigenvalue weighted by molar-refractivity contribution is 5.73. The fourth-order valence-electron chi connectivity index (χ4n) is 1.99. The Balaban J connectivity index is 2.00. The molecular formula is C11H14FN3O.